The highest BCUT2D eigenvalue weighted by molar-refractivity contribution is 5.97. The highest BCUT2D eigenvalue weighted by Crippen LogP contribution is 2.54. The molecule has 0 bridgehead atoms. The summed E-state index contributed by atoms with van der Waals surface area (Å²) >= 11 is 0. The van der Waals surface area contributed by atoms with Crippen molar-refractivity contribution < 1.29 is 0 Å². The zero-order chi connectivity index (χ0) is 44.4. The Bertz CT molecular complexity index is 3110. The van der Waals surface area contributed by atoms with E-state index in [-0.39, 0.29) is 10.8 Å². The van der Waals surface area contributed by atoms with E-state index in [2.05, 4.69) is 187 Å². The van der Waals surface area contributed by atoms with E-state index < -0.39 is 0 Å². The van der Waals surface area contributed by atoms with E-state index in [4.69, 9.17) is 6.58 Å². The summed E-state index contributed by atoms with van der Waals surface area (Å²) in [6.07, 6.45) is 3.19. The number of hydrogen-bond acceptors (Lipinski definition) is 4. The molecule has 4 heteroatoms. The minimum Gasteiger partial charge on any atom is -0.310 e. The highest BCUT2D eigenvalue weighted by atomic mass is 15.2. The maximum atomic E-state index is 9.71. The first kappa shape index (κ1) is 41.0. The predicted octanol–water partition coefficient (Wildman–Crippen LogP) is 15.4. The summed E-state index contributed by atoms with van der Waals surface area (Å²) in [5, 5.41) is 19.3. The van der Waals surface area contributed by atoms with Gasteiger partial charge in [0.1, 0.15) is 0 Å². The normalized spacial score (nSPS) is 15.1. The lowest BCUT2D eigenvalue weighted by molar-refractivity contribution is 0.532. The van der Waals surface area contributed by atoms with Crippen LogP contribution >= 0.6 is 0 Å². The van der Waals surface area contributed by atoms with Crippen molar-refractivity contribution in [3.8, 4) is 23.3 Å². The van der Waals surface area contributed by atoms with Gasteiger partial charge >= 0.3 is 0 Å². The number of anilines is 5. The van der Waals surface area contributed by atoms with E-state index in [0.717, 1.165) is 57.3 Å². The number of fused-ring (bicyclic) bond motifs is 5. The first-order valence-corrected chi connectivity index (χ1v) is 21.8. The van der Waals surface area contributed by atoms with E-state index in [9.17, 15) is 10.5 Å². The van der Waals surface area contributed by atoms with Gasteiger partial charge in [0.2, 0.25) is 0 Å². The monoisotopic (exact) mass is 816 g/mol. The second-order valence-electron chi connectivity index (χ2n) is 18.6. The van der Waals surface area contributed by atoms with Gasteiger partial charge in [-0.05, 0) is 180 Å². The molecule has 0 aromatic heterocycles. The Morgan fingerprint density at radius 2 is 1.00 bits per heavy atom. The van der Waals surface area contributed by atoms with Gasteiger partial charge in [0.25, 0.3) is 0 Å². The average molecular weight is 817 g/mol. The molecule has 7 aromatic rings. The lowest BCUT2D eigenvalue weighted by Gasteiger charge is -2.32. The van der Waals surface area contributed by atoms with Gasteiger partial charge in [-0.25, -0.2) is 0 Å². The van der Waals surface area contributed by atoms with Crippen molar-refractivity contribution >= 4 is 39.7 Å². The van der Waals surface area contributed by atoms with Crippen molar-refractivity contribution in [2.24, 2.45) is 0 Å². The van der Waals surface area contributed by atoms with Gasteiger partial charge in [-0.15, -0.1) is 0 Å². The van der Waals surface area contributed by atoms with Crippen molar-refractivity contribution in [2.45, 2.75) is 72.6 Å². The molecule has 2 aliphatic rings. The fourth-order valence-electron chi connectivity index (χ4n) is 9.93. The molecule has 0 amide bonds. The van der Waals surface area contributed by atoms with Gasteiger partial charge in [-0.3, -0.25) is 0 Å². The fourth-order valence-corrected chi connectivity index (χ4v) is 9.93. The molecule has 0 saturated heterocycles. The molecule has 63 heavy (non-hydrogen) atoms. The first-order chi connectivity index (χ1) is 30.2. The zero-order valence-corrected chi connectivity index (χ0v) is 37.6. The van der Waals surface area contributed by atoms with Crippen LogP contribution < -0.4 is 9.80 Å². The number of hydrogen-bond donors (Lipinski definition) is 0. The molecule has 0 unspecified atom stereocenters. The highest BCUT2D eigenvalue weighted by Gasteiger charge is 2.39. The van der Waals surface area contributed by atoms with Gasteiger partial charge in [-0.2, -0.15) is 10.5 Å². The summed E-state index contributed by atoms with van der Waals surface area (Å²) in [5.74, 6) is 0. The van der Waals surface area contributed by atoms with Crippen molar-refractivity contribution in [3.05, 3.63) is 219 Å². The van der Waals surface area contributed by atoms with Gasteiger partial charge in [-0.1, -0.05) is 106 Å². The molecule has 0 atom stereocenters. The average Bonchev–Trinajstić information content (AvgIpc) is 3.51. The second-order valence-corrected chi connectivity index (χ2v) is 18.6. The number of benzene rings is 7. The Balaban J connectivity index is 1.20. The maximum Gasteiger partial charge on any atom is 0.0991 e. The van der Waals surface area contributed by atoms with Crippen LogP contribution in [0.25, 0.3) is 22.4 Å². The third-order valence-electron chi connectivity index (χ3n) is 13.4. The second kappa shape index (κ2) is 15.5. The summed E-state index contributed by atoms with van der Waals surface area (Å²) < 4.78 is 0. The predicted molar refractivity (Wildman–Crippen MR) is 262 cm³/mol. The maximum absolute atomic E-state index is 9.71. The Labute approximate surface area is 373 Å². The number of nitrogens with zero attached hydrogens (tertiary/aromatic N) is 4. The first-order valence-electron chi connectivity index (χ1n) is 21.8. The number of aryl methyl sites for hydroxylation is 4. The molecule has 4 nitrogen and oxygen atoms in total. The van der Waals surface area contributed by atoms with Crippen LogP contribution in [-0.4, -0.2) is 0 Å². The van der Waals surface area contributed by atoms with E-state index >= 15 is 0 Å². The van der Waals surface area contributed by atoms with Crippen LogP contribution in [0, 0.1) is 50.4 Å². The van der Waals surface area contributed by atoms with E-state index in [1.165, 1.54) is 55.6 Å². The molecule has 0 saturated carbocycles. The summed E-state index contributed by atoms with van der Waals surface area (Å²) in [7, 11) is 0. The topological polar surface area (TPSA) is 54.1 Å². The lowest BCUT2D eigenvalue weighted by atomic mass is 9.74. The Morgan fingerprint density at radius 3 is 1.57 bits per heavy atom. The molecule has 0 N–H and O–H groups in total. The standard InChI is InChI=1S/C59H52N4/c1-37-14-26-55(39(3)30-37)62(44-20-16-42(35-60)17-21-44)46-24-25-48-51-34-52-50(33-54(51)59(8,9)53(48)32-46)41(5)47-12-10-11-13-49(47)57(28-29-58(52,6)7)63(45-22-18-43(36-61)19-23-45)56-27-15-38(2)31-40(56)4/h10-28,30-34H,5,29H2,1-4,6-9H3/b57-28+. The molecule has 9 rings (SSSR count). The van der Waals surface area contributed by atoms with Crippen molar-refractivity contribution in [2.75, 3.05) is 9.80 Å². The molecule has 0 heterocycles. The number of rotatable bonds is 6. The van der Waals surface area contributed by atoms with Crippen LogP contribution in [0.3, 0.4) is 0 Å². The molecule has 308 valence electrons. The Morgan fingerprint density at radius 1 is 0.492 bits per heavy atom. The summed E-state index contributed by atoms with van der Waals surface area (Å²) in [6, 6.07) is 54.2. The van der Waals surface area contributed by atoms with Crippen LogP contribution in [0.1, 0.15) is 101 Å². The van der Waals surface area contributed by atoms with Gasteiger partial charge in [0.15, 0.2) is 0 Å². The third-order valence-corrected chi connectivity index (χ3v) is 13.4. The van der Waals surface area contributed by atoms with Crippen LogP contribution in [-0.2, 0) is 10.8 Å². The Hall–Kier alpha value is -7.40. The van der Waals surface area contributed by atoms with Crippen LogP contribution in [0.4, 0.5) is 28.4 Å². The molecular weight excluding hydrogens is 765 g/mol. The number of allylic oxidation sites excluding steroid dienone is 1. The fraction of sp³-hybridized carbons (Fsp3) is 0.186. The molecule has 7 aromatic carbocycles. The molecule has 2 aliphatic carbocycles. The van der Waals surface area contributed by atoms with Crippen molar-refractivity contribution in [1.82, 2.24) is 0 Å². The minimum absolute atomic E-state index is 0.276. The van der Waals surface area contributed by atoms with Crippen LogP contribution in [0.5, 0.6) is 0 Å². The van der Waals surface area contributed by atoms with Crippen molar-refractivity contribution in [3.63, 3.8) is 0 Å². The molecule has 0 aliphatic heterocycles. The summed E-state index contributed by atoms with van der Waals surface area (Å²) in [6.45, 7) is 23.0. The zero-order valence-electron chi connectivity index (χ0n) is 37.6. The van der Waals surface area contributed by atoms with Crippen LogP contribution in [0.15, 0.2) is 152 Å². The van der Waals surface area contributed by atoms with Gasteiger partial charge < -0.3 is 9.80 Å². The van der Waals surface area contributed by atoms with Gasteiger partial charge in [0.05, 0.1) is 29.0 Å². The minimum atomic E-state index is -0.310. The third kappa shape index (κ3) is 7.03. The molecule has 0 spiro atoms. The van der Waals surface area contributed by atoms with Gasteiger partial charge in [0, 0.05) is 39.4 Å². The smallest absolute Gasteiger partial charge is 0.0991 e. The quantitative estimate of drug-likeness (QED) is 0.168. The van der Waals surface area contributed by atoms with E-state index in [0.29, 0.717) is 11.1 Å². The number of nitriles is 2. The van der Waals surface area contributed by atoms with E-state index in [1.807, 2.05) is 36.4 Å². The molecule has 0 radical (unpaired) electrons. The van der Waals surface area contributed by atoms with Crippen molar-refractivity contribution in [1.29, 1.82) is 10.5 Å². The largest absolute Gasteiger partial charge is 0.310 e. The van der Waals surface area contributed by atoms with Crippen LogP contribution in [0.2, 0.25) is 0 Å². The molecule has 0 fully saturated rings. The SMILES string of the molecule is C=C1c2ccccc2/C(N(c2ccc(C#N)cc2)c2ccc(C)cc2C)=C\CC(C)(C)c2cc3c(cc21)C(C)(C)c1cc(N(c2ccc(C#N)cc2)c2ccc(C)cc2C)ccc1-3. The Kier molecular flexibility index (Phi) is 10.1. The summed E-state index contributed by atoms with van der Waals surface area (Å²) in [5.41, 5.74) is 22.6. The summed E-state index contributed by atoms with van der Waals surface area (Å²) in [4.78, 5) is 4.69. The lowest BCUT2D eigenvalue weighted by Crippen LogP contribution is -2.21. The van der Waals surface area contributed by atoms with E-state index in [1.54, 1.807) is 0 Å². The molecular formula is C59H52N4.